The minimum absolute atomic E-state index is 0.364. The van der Waals surface area contributed by atoms with Crippen molar-refractivity contribution < 1.29 is 4.74 Å². The Bertz CT molecular complexity index is 561. The molecule has 22 heavy (non-hydrogen) atoms. The topological polar surface area (TPSA) is 45.7 Å². The first-order valence-corrected chi connectivity index (χ1v) is 8.90. The Labute approximate surface area is 140 Å². The van der Waals surface area contributed by atoms with Gasteiger partial charge in [0, 0.05) is 11.0 Å². The van der Waals surface area contributed by atoms with E-state index in [9.17, 15) is 0 Å². The van der Waals surface area contributed by atoms with Crippen molar-refractivity contribution in [1.29, 1.82) is 0 Å². The SMILES string of the molecule is CCNC(=NCc1ccc(Br)cc1C)NC1CC2CCC1O2. The summed E-state index contributed by atoms with van der Waals surface area (Å²) in [4.78, 5) is 4.74. The molecule has 2 N–H and O–H groups in total. The minimum Gasteiger partial charge on any atom is -0.373 e. The Hall–Kier alpha value is -1.07. The zero-order chi connectivity index (χ0) is 15.5. The highest BCUT2D eigenvalue weighted by Gasteiger charge is 2.41. The van der Waals surface area contributed by atoms with E-state index in [4.69, 9.17) is 9.73 Å². The Balaban J connectivity index is 1.65. The second-order valence-corrected chi connectivity index (χ2v) is 7.04. The summed E-state index contributed by atoms with van der Waals surface area (Å²) in [6.07, 6.45) is 4.32. The molecule has 2 fully saturated rings. The quantitative estimate of drug-likeness (QED) is 0.636. The summed E-state index contributed by atoms with van der Waals surface area (Å²) in [5, 5.41) is 6.90. The lowest BCUT2D eigenvalue weighted by Crippen LogP contribution is -2.47. The second kappa shape index (κ2) is 7.01. The van der Waals surface area contributed by atoms with Crippen molar-refractivity contribution in [3.63, 3.8) is 0 Å². The van der Waals surface area contributed by atoms with Gasteiger partial charge in [0.05, 0.1) is 24.8 Å². The van der Waals surface area contributed by atoms with Crippen LogP contribution in [0.3, 0.4) is 0 Å². The number of aryl methyl sites for hydroxylation is 1. The van der Waals surface area contributed by atoms with Crippen LogP contribution in [-0.2, 0) is 11.3 Å². The van der Waals surface area contributed by atoms with E-state index < -0.39 is 0 Å². The summed E-state index contributed by atoms with van der Waals surface area (Å²) in [6, 6.07) is 6.74. The maximum absolute atomic E-state index is 5.91. The summed E-state index contributed by atoms with van der Waals surface area (Å²) in [7, 11) is 0. The summed E-state index contributed by atoms with van der Waals surface area (Å²) >= 11 is 3.50. The Morgan fingerprint density at radius 3 is 2.91 bits per heavy atom. The third-order valence-corrected chi connectivity index (χ3v) is 4.98. The van der Waals surface area contributed by atoms with Gasteiger partial charge in [-0.15, -0.1) is 0 Å². The first-order valence-electron chi connectivity index (χ1n) is 8.11. The molecule has 2 aliphatic rings. The average molecular weight is 366 g/mol. The first-order chi connectivity index (χ1) is 10.7. The highest BCUT2D eigenvalue weighted by atomic mass is 79.9. The molecule has 5 heteroatoms. The highest BCUT2D eigenvalue weighted by molar-refractivity contribution is 9.10. The highest BCUT2D eigenvalue weighted by Crippen LogP contribution is 2.34. The number of fused-ring (bicyclic) bond motifs is 2. The van der Waals surface area contributed by atoms with E-state index in [-0.39, 0.29) is 0 Å². The first kappa shape index (κ1) is 15.8. The Kier molecular flexibility index (Phi) is 5.03. The van der Waals surface area contributed by atoms with Gasteiger partial charge in [-0.05, 0) is 56.4 Å². The van der Waals surface area contributed by atoms with E-state index in [1.54, 1.807) is 0 Å². The molecule has 1 aromatic rings. The summed E-state index contributed by atoms with van der Waals surface area (Å²) < 4.78 is 7.02. The largest absolute Gasteiger partial charge is 0.373 e. The molecule has 4 nitrogen and oxygen atoms in total. The summed E-state index contributed by atoms with van der Waals surface area (Å²) in [5.74, 6) is 0.894. The van der Waals surface area contributed by atoms with Crippen LogP contribution in [-0.4, -0.2) is 30.8 Å². The number of aliphatic imine (C=N–C) groups is 1. The molecule has 0 radical (unpaired) electrons. The fourth-order valence-electron chi connectivity index (χ4n) is 3.29. The molecule has 120 valence electrons. The molecule has 0 aliphatic carbocycles. The number of hydrogen-bond acceptors (Lipinski definition) is 2. The van der Waals surface area contributed by atoms with Gasteiger partial charge in [-0.2, -0.15) is 0 Å². The average Bonchev–Trinajstić information content (AvgIpc) is 3.09. The van der Waals surface area contributed by atoms with Gasteiger partial charge in [-0.1, -0.05) is 22.0 Å². The lowest BCUT2D eigenvalue weighted by molar-refractivity contribution is 0.0992. The number of rotatable bonds is 4. The number of guanidine groups is 1. The Morgan fingerprint density at radius 2 is 2.27 bits per heavy atom. The molecular weight excluding hydrogens is 342 g/mol. The van der Waals surface area contributed by atoms with E-state index in [1.807, 2.05) is 0 Å². The van der Waals surface area contributed by atoms with Crippen molar-refractivity contribution in [2.75, 3.05) is 6.54 Å². The van der Waals surface area contributed by atoms with Crippen LogP contribution >= 0.6 is 15.9 Å². The van der Waals surface area contributed by atoms with Crippen LogP contribution < -0.4 is 10.6 Å². The summed E-state index contributed by atoms with van der Waals surface area (Å²) in [5.41, 5.74) is 2.52. The van der Waals surface area contributed by atoms with Crippen molar-refractivity contribution in [3.8, 4) is 0 Å². The zero-order valence-electron chi connectivity index (χ0n) is 13.2. The van der Waals surface area contributed by atoms with Crippen molar-refractivity contribution in [1.82, 2.24) is 10.6 Å². The molecule has 0 saturated carbocycles. The molecule has 2 aliphatic heterocycles. The molecule has 2 heterocycles. The van der Waals surface area contributed by atoms with Crippen LogP contribution in [0.2, 0.25) is 0 Å². The van der Waals surface area contributed by atoms with Gasteiger partial charge in [-0.25, -0.2) is 4.99 Å². The van der Waals surface area contributed by atoms with Gasteiger partial charge in [0.25, 0.3) is 0 Å². The molecular formula is C17H24BrN3O. The predicted molar refractivity (Wildman–Crippen MR) is 93.1 cm³/mol. The molecule has 0 aromatic heterocycles. The van der Waals surface area contributed by atoms with Crippen molar-refractivity contribution in [2.45, 2.75) is 57.9 Å². The second-order valence-electron chi connectivity index (χ2n) is 6.13. The normalized spacial score (nSPS) is 27.2. The monoisotopic (exact) mass is 365 g/mol. The molecule has 3 rings (SSSR count). The number of halogens is 1. The van der Waals surface area contributed by atoms with Gasteiger partial charge < -0.3 is 15.4 Å². The van der Waals surface area contributed by atoms with Gasteiger partial charge in [0.2, 0.25) is 0 Å². The zero-order valence-corrected chi connectivity index (χ0v) is 14.8. The number of nitrogens with zero attached hydrogens (tertiary/aromatic N) is 1. The standard InChI is InChI=1S/C17H24BrN3O/c1-3-19-17(21-15-9-14-6-7-16(15)22-14)20-10-12-4-5-13(18)8-11(12)2/h4-5,8,14-16H,3,6-7,9-10H2,1-2H3,(H2,19,20,21). The number of benzene rings is 1. The fourth-order valence-corrected chi connectivity index (χ4v) is 3.76. The van der Waals surface area contributed by atoms with Crippen LogP contribution in [0.15, 0.2) is 27.7 Å². The van der Waals surface area contributed by atoms with Crippen LogP contribution in [0.5, 0.6) is 0 Å². The third-order valence-electron chi connectivity index (χ3n) is 4.48. The van der Waals surface area contributed by atoms with Crippen molar-refractivity contribution >= 4 is 21.9 Å². The van der Waals surface area contributed by atoms with E-state index in [2.05, 4.69) is 58.6 Å². The van der Waals surface area contributed by atoms with Gasteiger partial charge in [0.1, 0.15) is 0 Å². The van der Waals surface area contributed by atoms with E-state index in [1.165, 1.54) is 24.0 Å². The molecule has 0 spiro atoms. The number of hydrogen-bond donors (Lipinski definition) is 2. The number of nitrogens with one attached hydrogen (secondary N) is 2. The molecule has 3 unspecified atom stereocenters. The lowest BCUT2D eigenvalue weighted by Gasteiger charge is -2.22. The molecule has 2 saturated heterocycles. The van der Waals surface area contributed by atoms with Crippen molar-refractivity contribution in [3.05, 3.63) is 33.8 Å². The smallest absolute Gasteiger partial charge is 0.191 e. The van der Waals surface area contributed by atoms with E-state index in [0.29, 0.717) is 24.8 Å². The van der Waals surface area contributed by atoms with Crippen LogP contribution in [0.1, 0.15) is 37.3 Å². The predicted octanol–water partition coefficient (Wildman–Crippen LogP) is 3.13. The lowest BCUT2D eigenvalue weighted by atomic mass is 9.96. The van der Waals surface area contributed by atoms with Crippen molar-refractivity contribution in [2.24, 2.45) is 4.99 Å². The molecule has 0 amide bonds. The van der Waals surface area contributed by atoms with Crippen LogP contribution in [0.4, 0.5) is 0 Å². The molecule has 2 bridgehead atoms. The third kappa shape index (κ3) is 3.63. The van der Waals surface area contributed by atoms with E-state index >= 15 is 0 Å². The van der Waals surface area contributed by atoms with Crippen LogP contribution in [0, 0.1) is 6.92 Å². The molecule has 3 atom stereocenters. The Morgan fingerprint density at radius 1 is 1.41 bits per heavy atom. The van der Waals surface area contributed by atoms with Gasteiger partial charge in [0.15, 0.2) is 5.96 Å². The fraction of sp³-hybridized carbons (Fsp3) is 0.588. The maximum atomic E-state index is 5.91. The number of ether oxygens (including phenoxy) is 1. The minimum atomic E-state index is 0.364. The van der Waals surface area contributed by atoms with Crippen LogP contribution in [0.25, 0.3) is 0 Å². The van der Waals surface area contributed by atoms with Gasteiger partial charge in [-0.3, -0.25) is 0 Å². The summed E-state index contributed by atoms with van der Waals surface area (Å²) in [6.45, 7) is 5.78. The molecule has 1 aromatic carbocycles. The van der Waals surface area contributed by atoms with E-state index in [0.717, 1.165) is 23.4 Å². The maximum Gasteiger partial charge on any atom is 0.191 e. The van der Waals surface area contributed by atoms with Gasteiger partial charge >= 0.3 is 0 Å².